The first-order chi connectivity index (χ1) is 11.7. The molecule has 1 nitrogen and oxygen atoms in total. The van der Waals surface area contributed by atoms with Crippen LogP contribution in [-0.4, -0.2) is 25.0 Å². The zero-order chi connectivity index (χ0) is 17.9. The zero-order valence-corrected chi connectivity index (χ0v) is 17.8. The van der Waals surface area contributed by atoms with Crippen molar-refractivity contribution in [2.45, 2.75) is 135 Å². The van der Waals surface area contributed by atoms with Gasteiger partial charge in [-0.2, -0.15) is 0 Å². The van der Waals surface area contributed by atoms with Crippen molar-refractivity contribution in [1.82, 2.24) is 4.90 Å². The van der Waals surface area contributed by atoms with Crippen LogP contribution in [0.1, 0.15) is 129 Å². The molecule has 146 valence electrons. The molecule has 0 spiro atoms. The summed E-state index contributed by atoms with van der Waals surface area (Å²) in [6.07, 6.45) is 26.0. The van der Waals surface area contributed by atoms with Gasteiger partial charge >= 0.3 is 0 Å². The normalized spacial score (nSPS) is 12.9. The first-order valence-electron chi connectivity index (χ1n) is 11.4. The maximum atomic E-state index is 2.42. The van der Waals surface area contributed by atoms with Gasteiger partial charge in [0.25, 0.3) is 0 Å². The molecule has 0 aromatic heterocycles. The van der Waals surface area contributed by atoms with E-state index in [2.05, 4.69) is 32.8 Å². The lowest BCUT2D eigenvalue weighted by Gasteiger charge is -2.23. The van der Waals surface area contributed by atoms with Crippen molar-refractivity contribution < 1.29 is 0 Å². The van der Waals surface area contributed by atoms with E-state index in [1.165, 1.54) is 116 Å². The Morgan fingerprint density at radius 1 is 0.458 bits per heavy atom. The van der Waals surface area contributed by atoms with Crippen LogP contribution in [0.15, 0.2) is 0 Å². The Hall–Kier alpha value is -0.0400. The van der Waals surface area contributed by atoms with Crippen LogP contribution in [0.2, 0.25) is 0 Å². The van der Waals surface area contributed by atoms with Crippen LogP contribution < -0.4 is 0 Å². The molecular formula is C23H49N. The minimum atomic E-state index is 0.817. The van der Waals surface area contributed by atoms with E-state index in [0.717, 1.165) is 6.04 Å². The van der Waals surface area contributed by atoms with Gasteiger partial charge in [-0.25, -0.2) is 0 Å². The van der Waals surface area contributed by atoms with Crippen LogP contribution in [0, 0.1) is 0 Å². The molecule has 0 aromatic rings. The SMILES string of the molecule is CCCCCCCCCCCCCCCCCC(CCC)N(C)C. The third kappa shape index (κ3) is 16.8. The predicted octanol–water partition coefficient (Wildman–Crippen LogP) is 7.98. The third-order valence-electron chi connectivity index (χ3n) is 5.49. The molecule has 0 aliphatic rings. The third-order valence-corrected chi connectivity index (χ3v) is 5.49. The van der Waals surface area contributed by atoms with Gasteiger partial charge in [-0.1, -0.05) is 117 Å². The molecule has 1 unspecified atom stereocenters. The summed E-state index contributed by atoms with van der Waals surface area (Å²) in [7, 11) is 4.48. The highest BCUT2D eigenvalue weighted by Gasteiger charge is 2.09. The highest BCUT2D eigenvalue weighted by Crippen LogP contribution is 2.16. The Labute approximate surface area is 155 Å². The van der Waals surface area contributed by atoms with Crippen LogP contribution in [0.5, 0.6) is 0 Å². The van der Waals surface area contributed by atoms with Crippen molar-refractivity contribution in [3.8, 4) is 0 Å². The van der Waals surface area contributed by atoms with Gasteiger partial charge in [0.1, 0.15) is 0 Å². The number of hydrogen-bond acceptors (Lipinski definition) is 1. The molecule has 0 saturated heterocycles. The molecule has 1 atom stereocenters. The number of rotatable bonds is 19. The van der Waals surface area contributed by atoms with Crippen molar-refractivity contribution in [1.29, 1.82) is 0 Å². The van der Waals surface area contributed by atoms with Gasteiger partial charge in [0.2, 0.25) is 0 Å². The number of nitrogens with zero attached hydrogens (tertiary/aromatic N) is 1. The Morgan fingerprint density at radius 3 is 1.17 bits per heavy atom. The van der Waals surface area contributed by atoms with Crippen molar-refractivity contribution in [3.05, 3.63) is 0 Å². The Kier molecular flexibility index (Phi) is 19.3. The topological polar surface area (TPSA) is 3.24 Å². The number of hydrogen-bond donors (Lipinski definition) is 0. The van der Waals surface area contributed by atoms with Gasteiger partial charge in [0.05, 0.1) is 0 Å². The lowest BCUT2D eigenvalue weighted by Crippen LogP contribution is -2.27. The van der Waals surface area contributed by atoms with E-state index in [-0.39, 0.29) is 0 Å². The molecule has 0 radical (unpaired) electrons. The summed E-state index contributed by atoms with van der Waals surface area (Å²) in [5.74, 6) is 0. The molecule has 0 rings (SSSR count). The van der Waals surface area contributed by atoms with E-state index in [1.54, 1.807) is 0 Å². The van der Waals surface area contributed by atoms with Crippen LogP contribution >= 0.6 is 0 Å². The molecule has 0 fully saturated rings. The minimum Gasteiger partial charge on any atom is -0.306 e. The van der Waals surface area contributed by atoms with Gasteiger partial charge in [0.15, 0.2) is 0 Å². The summed E-state index contributed by atoms with van der Waals surface area (Å²) in [5, 5.41) is 0. The van der Waals surface area contributed by atoms with Gasteiger partial charge in [-0.05, 0) is 26.9 Å². The second-order valence-electron chi connectivity index (χ2n) is 8.14. The maximum absolute atomic E-state index is 2.42. The fourth-order valence-electron chi connectivity index (χ4n) is 3.75. The Morgan fingerprint density at radius 2 is 0.833 bits per heavy atom. The van der Waals surface area contributed by atoms with E-state index >= 15 is 0 Å². The molecule has 1 heteroatoms. The van der Waals surface area contributed by atoms with Crippen LogP contribution in [0.4, 0.5) is 0 Å². The molecule has 0 aliphatic carbocycles. The monoisotopic (exact) mass is 339 g/mol. The van der Waals surface area contributed by atoms with Crippen molar-refractivity contribution in [2.75, 3.05) is 14.1 Å². The second kappa shape index (κ2) is 19.3. The molecule has 0 aromatic carbocycles. The largest absolute Gasteiger partial charge is 0.306 e. The Bertz CT molecular complexity index is 224. The smallest absolute Gasteiger partial charge is 0.00890 e. The van der Waals surface area contributed by atoms with E-state index in [1.807, 2.05) is 0 Å². The molecule has 0 bridgehead atoms. The second-order valence-corrected chi connectivity index (χ2v) is 8.14. The van der Waals surface area contributed by atoms with Gasteiger partial charge in [-0.3, -0.25) is 0 Å². The summed E-state index contributed by atoms with van der Waals surface area (Å²) < 4.78 is 0. The fourth-order valence-corrected chi connectivity index (χ4v) is 3.75. The van der Waals surface area contributed by atoms with E-state index in [4.69, 9.17) is 0 Å². The quantitative estimate of drug-likeness (QED) is 0.216. The summed E-state index contributed by atoms with van der Waals surface area (Å²) in [5.41, 5.74) is 0. The van der Waals surface area contributed by atoms with Gasteiger partial charge in [0, 0.05) is 6.04 Å². The molecule has 0 aliphatic heterocycles. The highest BCUT2D eigenvalue weighted by atomic mass is 15.1. The maximum Gasteiger partial charge on any atom is 0.00890 e. The molecule has 0 amide bonds. The standard InChI is InChI=1S/C23H49N/c1-5-7-8-9-10-11-12-13-14-15-16-17-18-19-20-22-23(21-6-2)24(3)4/h23H,5-22H2,1-4H3. The number of unbranched alkanes of at least 4 members (excludes halogenated alkanes) is 14. The van der Waals surface area contributed by atoms with Crippen LogP contribution in [-0.2, 0) is 0 Å². The summed E-state index contributed by atoms with van der Waals surface area (Å²) in [6, 6.07) is 0.817. The van der Waals surface area contributed by atoms with Gasteiger partial charge < -0.3 is 4.90 Å². The molecular weight excluding hydrogens is 290 g/mol. The van der Waals surface area contributed by atoms with Crippen molar-refractivity contribution >= 4 is 0 Å². The first kappa shape index (κ1) is 24.0. The average Bonchev–Trinajstić information content (AvgIpc) is 2.57. The van der Waals surface area contributed by atoms with Crippen molar-refractivity contribution in [3.63, 3.8) is 0 Å². The zero-order valence-electron chi connectivity index (χ0n) is 17.8. The van der Waals surface area contributed by atoms with Crippen molar-refractivity contribution in [2.24, 2.45) is 0 Å². The summed E-state index contributed by atoms with van der Waals surface area (Å²) in [6.45, 7) is 4.61. The lowest BCUT2D eigenvalue weighted by atomic mass is 10.0. The van der Waals surface area contributed by atoms with E-state index in [9.17, 15) is 0 Å². The average molecular weight is 340 g/mol. The van der Waals surface area contributed by atoms with E-state index < -0.39 is 0 Å². The summed E-state index contributed by atoms with van der Waals surface area (Å²) in [4.78, 5) is 2.42. The molecule has 0 N–H and O–H groups in total. The Balaban J connectivity index is 3.17. The highest BCUT2D eigenvalue weighted by molar-refractivity contribution is 4.65. The van der Waals surface area contributed by atoms with Gasteiger partial charge in [-0.15, -0.1) is 0 Å². The fraction of sp³-hybridized carbons (Fsp3) is 1.00. The lowest BCUT2D eigenvalue weighted by molar-refractivity contribution is 0.256. The molecule has 0 saturated carbocycles. The molecule has 0 heterocycles. The summed E-state index contributed by atoms with van der Waals surface area (Å²) >= 11 is 0. The van der Waals surface area contributed by atoms with Crippen LogP contribution in [0.25, 0.3) is 0 Å². The predicted molar refractivity (Wildman–Crippen MR) is 112 cm³/mol. The minimum absolute atomic E-state index is 0.817. The van der Waals surface area contributed by atoms with Crippen LogP contribution in [0.3, 0.4) is 0 Å². The van der Waals surface area contributed by atoms with E-state index in [0.29, 0.717) is 0 Å². The molecule has 24 heavy (non-hydrogen) atoms. The first-order valence-corrected chi connectivity index (χ1v) is 11.4.